The quantitative estimate of drug-likeness (QED) is 0.456. The maximum atomic E-state index is 12.0. The number of benzene rings is 1. The molecular weight excluding hydrogens is 398 g/mol. The standard InChI is InChI=1S/C22H23N5O2S/c1-4-23-22(28)26-17-9-16(10-18(12-17)29-14(2)3)19-13-25-20-11-15(5-7-27(19)20)21-24-6-8-30-21/h5-14H,4H2,1-3H3,(H2,23,26,28). The fourth-order valence-corrected chi connectivity index (χ4v) is 3.82. The monoisotopic (exact) mass is 421 g/mol. The average molecular weight is 422 g/mol. The number of rotatable bonds is 6. The van der Waals surface area contributed by atoms with E-state index < -0.39 is 0 Å². The number of ether oxygens (including phenoxy) is 1. The number of fused-ring (bicyclic) bond motifs is 1. The highest BCUT2D eigenvalue weighted by Crippen LogP contribution is 2.31. The minimum atomic E-state index is -0.253. The summed E-state index contributed by atoms with van der Waals surface area (Å²) in [6.07, 6.45) is 5.62. The van der Waals surface area contributed by atoms with Crippen molar-refractivity contribution in [2.24, 2.45) is 0 Å². The van der Waals surface area contributed by atoms with E-state index in [0.29, 0.717) is 18.0 Å². The van der Waals surface area contributed by atoms with Gasteiger partial charge in [0.1, 0.15) is 16.4 Å². The first kappa shape index (κ1) is 19.9. The van der Waals surface area contributed by atoms with Crippen molar-refractivity contribution in [3.05, 3.63) is 54.3 Å². The maximum Gasteiger partial charge on any atom is 0.319 e. The molecule has 0 saturated carbocycles. The molecule has 0 saturated heterocycles. The molecule has 154 valence electrons. The van der Waals surface area contributed by atoms with Gasteiger partial charge in [-0.2, -0.15) is 0 Å². The Hall–Kier alpha value is -3.39. The number of aromatic nitrogens is 3. The van der Waals surface area contributed by atoms with E-state index >= 15 is 0 Å². The predicted octanol–water partition coefficient (Wildman–Crippen LogP) is 5.05. The van der Waals surface area contributed by atoms with Crippen molar-refractivity contribution in [3.8, 4) is 27.6 Å². The van der Waals surface area contributed by atoms with Crippen LogP contribution in [0, 0.1) is 0 Å². The van der Waals surface area contributed by atoms with E-state index in [2.05, 4.69) is 20.6 Å². The van der Waals surface area contributed by atoms with Gasteiger partial charge in [-0.05, 0) is 45.0 Å². The second kappa shape index (κ2) is 8.54. The second-order valence-corrected chi connectivity index (χ2v) is 7.92. The Morgan fingerprint density at radius 2 is 2.07 bits per heavy atom. The summed E-state index contributed by atoms with van der Waals surface area (Å²) < 4.78 is 7.92. The van der Waals surface area contributed by atoms with Crippen LogP contribution in [0.2, 0.25) is 0 Å². The molecule has 0 spiro atoms. The van der Waals surface area contributed by atoms with Crippen LogP contribution in [0.15, 0.2) is 54.3 Å². The number of pyridine rings is 1. The molecule has 0 fully saturated rings. The molecule has 30 heavy (non-hydrogen) atoms. The van der Waals surface area contributed by atoms with Crippen molar-refractivity contribution in [2.75, 3.05) is 11.9 Å². The first-order valence-electron chi connectivity index (χ1n) is 9.77. The first-order chi connectivity index (χ1) is 14.5. The normalized spacial score (nSPS) is 11.1. The number of nitrogens with zero attached hydrogens (tertiary/aromatic N) is 3. The molecule has 1 aromatic carbocycles. The Balaban J connectivity index is 1.74. The van der Waals surface area contributed by atoms with Gasteiger partial charge in [-0.3, -0.25) is 4.40 Å². The van der Waals surface area contributed by atoms with Crippen LogP contribution in [0.25, 0.3) is 27.5 Å². The SMILES string of the molecule is CCNC(=O)Nc1cc(OC(C)C)cc(-c2cnc3cc(-c4nccs4)ccn23)c1. The van der Waals surface area contributed by atoms with Gasteiger partial charge in [0.15, 0.2) is 0 Å². The molecule has 2 amide bonds. The third kappa shape index (κ3) is 4.28. The van der Waals surface area contributed by atoms with Crippen LogP contribution in [0.3, 0.4) is 0 Å². The topological polar surface area (TPSA) is 80.5 Å². The summed E-state index contributed by atoms with van der Waals surface area (Å²) in [7, 11) is 0. The summed E-state index contributed by atoms with van der Waals surface area (Å²) in [5.74, 6) is 0.684. The maximum absolute atomic E-state index is 12.0. The number of hydrogen-bond acceptors (Lipinski definition) is 5. The Labute approximate surface area is 178 Å². The van der Waals surface area contributed by atoms with Crippen molar-refractivity contribution in [1.82, 2.24) is 19.7 Å². The van der Waals surface area contributed by atoms with Crippen LogP contribution in [-0.4, -0.2) is 33.0 Å². The van der Waals surface area contributed by atoms with Crippen LogP contribution in [0.4, 0.5) is 10.5 Å². The zero-order valence-electron chi connectivity index (χ0n) is 17.0. The van der Waals surface area contributed by atoms with E-state index in [1.165, 1.54) is 0 Å². The highest BCUT2D eigenvalue weighted by molar-refractivity contribution is 7.13. The van der Waals surface area contributed by atoms with Crippen molar-refractivity contribution in [1.29, 1.82) is 0 Å². The molecule has 4 aromatic rings. The molecule has 0 aliphatic heterocycles. The highest BCUT2D eigenvalue weighted by atomic mass is 32.1. The third-order valence-corrected chi connectivity index (χ3v) is 5.18. The molecule has 8 heteroatoms. The van der Waals surface area contributed by atoms with Crippen LogP contribution < -0.4 is 15.4 Å². The summed E-state index contributed by atoms with van der Waals surface area (Å²) in [6, 6.07) is 9.49. The molecule has 3 aromatic heterocycles. The summed E-state index contributed by atoms with van der Waals surface area (Å²) in [5, 5.41) is 8.53. The van der Waals surface area contributed by atoms with E-state index in [0.717, 1.165) is 27.5 Å². The van der Waals surface area contributed by atoms with Crippen molar-refractivity contribution >= 4 is 28.7 Å². The first-order valence-corrected chi connectivity index (χ1v) is 10.7. The van der Waals surface area contributed by atoms with E-state index in [4.69, 9.17) is 4.74 Å². The number of carbonyl (C=O) groups is 1. The number of thiazole rings is 1. The Morgan fingerprint density at radius 3 is 2.80 bits per heavy atom. The van der Waals surface area contributed by atoms with Crippen molar-refractivity contribution in [2.45, 2.75) is 26.9 Å². The number of carbonyl (C=O) groups excluding carboxylic acids is 1. The molecular formula is C22H23N5O2S. The number of amides is 2. The Morgan fingerprint density at radius 1 is 1.20 bits per heavy atom. The molecule has 4 rings (SSSR count). The summed E-state index contributed by atoms with van der Waals surface area (Å²) >= 11 is 1.60. The van der Waals surface area contributed by atoms with Gasteiger partial charge < -0.3 is 15.4 Å². The lowest BCUT2D eigenvalue weighted by Crippen LogP contribution is -2.28. The molecule has 2 N–H and O–H groups in total. The zero-order chi connectivity index (χ0) is 21.1. The third-order valence-electron chi connectivity index (χ3n) is 4.36. The van der Waals surface area contributed by atoms with E-state index in [1.54, 1.807) is 17.5 Å². The smallest absolute Gasteiger partial charge is 0.319 e. The Kier molecular flexibility index (Phi) is 5.67. The van der Waals surface area contributed by atoms with E-state index in [1.807, 2.05) is 73.3 Å². The van der Waals surface area contributed by atoms with Gasteiger partial charge in [0.2, 0.25) is 0 Å². The number of hydrogen-bond donors (Lipinski definition) is 2. The molecule has 0 atom stereocenters. The molecule has 3 heterocycles. The number of anilines is 1. The molecule has 0 aliphatic carbocycles. The number of urea groups is 1. The van der Waals surface area contributed by atoms with Crippen LogP contribution in [0.1, 0.15) is 20.8 Å². The molecule has 0 aliphatic rings. The molecule has 0 radical (unpaired) electrons. The summed E-state index contributed by atoms with van der Waals surface area (Å²) in [4.78, 5) is 21.0. The lowest BCUT2D eigenvalue weighted by molar-refractivity contribution is 0.242. The minimum Gasteiger partial charge on any atom is -0.491 e. The average Bonchev–Trinajstić information content (AvgIpc) is 3.37. The molecule has 7 nitrogen and oxygen atoms in total. The largest absolute Gasteiger partial charge is 0.491 e. The zero-order valence-corrected chi connectivity index (χ0v) is 17.9. The van der Waals surface area contributed by atoms with Crippen LogP contribution in [-0.2, 0) is 0 Å². The second-order valence-electron chi connectivity index (χ2n) is 7.02. The van der Waals surface area contributed by atoms with E-state index in [9.17, 15) is 4.79 Å². The fourth-order valence-electron chi connectivity index (χ4n) is 3.19. The minimum absolute atomic E-state index is 0.0145. The van der Waals surface area contributed by atoms with Crippen molar-refractivity contribution in [3.63, 3.8) is 0 Å². The van der Waals surface area contributed by atoms with E-state index in [-0.39, 0.29) is 12.1 Å². The van der Waals surface area contributed by atoms with Crippen molar-refractivity contribution < 1.29 is 9.53 Å². The summed E-state index contributed by atoms with van der Waals surface area (Å²) in [6.45, 7) is 6.37. The molecule has 0 unspecified atom stereocenters. The van der Waals surface area contributed by atoms with Gasteiger partial charge in [0, 0.05) is 47.2 Å². The number of nitrogens with one attached hydrogen (secondary N) is 2. The Bertz CT molecular complexity index is 1170. The highest BCUT2D eigenvalue weighted by Gasteiger charge is 2.12. The van der Waals surface area contributed by atoms with Gasteiger partial charge in [-0.15, -0.1) is 11.3 Å². The summed E-state index contributed by atoms with van der Waals surface area (Å²) in [5.41, 5.74) is 4.32. The van der Waals surface area contributed by atoms with Crippen LogP contribution in [0.5, 0.6) is 5.75 Å². The predicted molar refractivity (Wildman–Crippen MR) is 120 cm³/mol. The van der Waals surface area contributed by atoms with Gasteiger partial charge >= 0.3 is 6.03 Å². The number of imidazole rings is 1. The fraction of sp³-hybridized carbons (Fsp3) is 0.227. The lowest BCUT2D eigenvalue weighted by Gasteiger charge is -2.14. The van der Waals surface area contributed by atoms with Gasteiger partial charge in [-0.1, -0.05) is 0 Å². The van der Waals surface area contributed by atoms with Gasteiger partial charge in [0.05, 0.1) is 18.0 Å². The van der Waals surface area contributed by atoms with Crippen LogP contribution >= 0.6 is 11.3 Å². The lowest BCUT2D eigenvalue weighted by atomic mass is 10.1. The van der Waals surface area contributed by atoms with Gasteiger partial charge in [0.25, 0.3) is 0 Å². The molecule has 0 bridgehead atoms. The van der Waals surface area contributed by atoms with Gasteiger partial charge in [-0.25, -0.2) is 14.8 Å².